The lowest BCUT2D eigenvalue weighted by Crippen LogP contribution is -2.24. The van der Waals surface area contributed by atoms with Gasteiger partial charge in [-0.3, -0.25) is 9.59 Å². The zero-order valence-corrected chi connectivity index (χ0v) is 19.1. The number of carbonyl (C=O) groups excluding carboxylic acids is 2. The van der Waals surface area contributed by atoms with Gasteiger partial charge in [-0.25, -0.2) is 0 Å². The number of carbonyl (C=O) groups is 2. The van der Waals surface area contributed by atoms with Gasteiger partial charge in [0.25, 0.3) is 0 Å². The highest BCUT2D eigenvalue weighted by Crippen LogP contribution is 2.28. The number of nitrogens with one attached hydrogen (secondary N) is 2. The molecule has 0 fully saturated rings. The molecule has 5 heteroatoms. The molecular formula is C28H26N2O2S. The molecule has 33 heavy (non-hydrogen) atoms. The number of hydrogen-bond acceptors (Lipinski definition) is 3. The molecule has 0 aliphatic carbocycles. The number of benzene rings is 3. The monoisotopic (exact) mass is 454 g/mol. The fourth-order valence-electron chi connectivity index (χ4n) is 3.75. The van der Waals surface area contributed by atoms with Gasteiger partial charge in [-0.1, -0.05) is 78.9 Å². The first-order valence-corrected chi connectivity index (χ1v) is 11.8. The first-order chi connectivity index (χ1) is 16.2. The Morgan fingerprint density at radius 3 is 1.94 bits per heavy atom. The lowest BCUT2D eigenvalue weighted by molar-refractivity contribution is -0.120. The van der Waals surface area contributed by atoms with Crippen LogP contribution < -0.4 is 10.6 Å². The molecule has 0 saturated carbocycles. The quantitative estimate of drug-likeness (QED) is 0.337. The summed E-state index contributed by atoms with van der Waals surface area (Å²) in [6, 6.07) is 31.6. The molecule has 2 amide bonds. The van der Waals surface area contributed by atoms with Gasteiger partial charge in [0.05, 0.1) is 13.0 Å². The van der Waals surface area contributed by atoms with Gasteiger partial charge in [-0.05, 0) is 40.3 Å². The molecule has 1 aromatic heterocycles. The van der Waals surface area contributed by atoms with E-state index in [0.29, 0.717) is 19.4 Å². The van der Waals surface area contributed by atoms with Crippen molar-refractivity contribution in [3.63, 3.8) is 0 Å². The smallest absolute Gasteiger partial charge is 0.225 e. The fraction of sp³-hybridized carbons (Fsp3) is 0.143. The number of hydrogen-bond donors (Lipinski definition) is 2. The van der Waals surface area contributed by atoms with Gasteiger partial charge < -0.3 is 10.6 Å². The minimum Gasteiger partial charge on any atom is -0.351 e. The predicted molar refractivity (Wildman–Crippen MR) is 134 cm³/mol. The summed E-state index contributed by atoms with van der Waals surface area (Å²) >= 11 is 1.62. The highest BCUT2D eigenvalue weighted by atomic mass is 32.1. The highest BCUT2D eigenvalue weighted by Gasteiger charge is 2.18. The lowest BCUT2D eigenvalue weighted by atomic mass is 9.88. The van der Waals surface area contributed by atoms with Gasteiger partial charge in [0.2, 0.25) is 11.8 Å². The minimum atomic E-state index is -0.0471. The van der Waals surface area contributed by atoms with Crippen molar-refractivity contribution in [1.82, 2.24) is 5.32 Å². The van der Waals surface area contributed by atoms with Crippen LogP contribution in [0, 0.1) is 0 Å². The van der Waals surface area contributed by atoms with Crippen LogP contribution in [0.15, 0.2) is 102 Å². The summed E-state index contributed by atoms with van der Waals surface area (Å²) in [5.41, 5.74) is 3.86. The molecule has 0 spiro atoms. The van der Waals surface area contributed by atoms with E-state index in [4.69, 9.17) is 0 Å². The van der Waals surface area contributed by atoms with Crippen LogP contribution in [0.2, 0.25) is 0 Å². The molecule has 0 radical (unpaired) electrons. The van der Waals surface area contributed by atoms with E-state index < -0.39 is 0 Å². The normalized spacial score (nSPS) is 10.7. The van der Waals surface area contributed by atoms with Gasteiger partial charge in [0.1, 0.15) is 0 Å². The Labute approximate surface area is 198 Å². The number of anilines is 1. The first kappa shape index (κ1) is 22.5. The van der Waals surface area contributed by atoms with E-state index in [-0.39, 0.29) is 17.7 Å². The van der Waals surface area contributed by atoms with Gasteiger partial charge in [0.15, 0.2) is 0 Å². The summed E-state index contributed by atoms with van der Waals surface area (Å²) in [6.07, 6.45) is 0.657. The van der Waals surface area contributed by atoms with Gasteiger partial charge in [-0.15, -0.1) is 11.3 Å². The predicted octanol–water partition coefficient (Wildman–Crippen LogP) is 5.77. The average Bonchev–Trinajstić information content (AvgIpc) is 3.37. The summed E-state index contributed by atoms with van der Waals surface area (Å²) < 4.78 is 0. The molecule has 0 atom stereocenters. The van der Waals surface area contributed by atoms with Gasteiger partial charge in [0, 0.05) is 22.9 Å². The third-order valence-electron chi connectivity index (χ3n) is 5.44. The van der Waals surface area contributed by atoms with E-state index in [9.17, 15) is 9.59 Å². The number of rotatable bonds is 9. The van der Waals surface area contributed by atoms with Gasteiger partial charge >= 0.3 is 0 Å². The standard InChI is InChI=1S/C28H26N2O2S/c31-27(29-20-25-12-7-17-33-25)18-21-13-15-24(16-14-21)30-28(32)19-26(22-8-3-1-4-9-22)23-10-5-2-6-11-23/h1-17,26H,18-20H2,(H,29,31)(H,30,32). The van der Waals surface area contributed by atoms with Crippen molar-refractivity contribution in [2.75, 3.05) is 5.32 Å². The van der Waals surface area contributed by atoms with E-state index >= 15 is 0 Å². The second kappa shape index (κ2) is 11.2. The molecular weight excluding hydrogens is 428 g/mol. The minimum absolute atomic E-state index is 0.0151. The van der Waals surface area contributed by atoms with Crippen molar-refractivity contribution in [1.29, 1.82) is 0 Å². The van der Waals surface area contributed by atoms with E-state index in [1.807, 2.05) is 78.2 Å². The largest absolute Gasteiger partial charge is 0.351 e. The Morgan fingerprint density at radius 2 is 1.36 bits per heavy atom. The molecule has 166 valence electrons. The number of thiophene rings is 1. The molecule has 4 nitrogen and oxygen atoms in total. The third kappa shape index (κ3) is 6.64. The van der Waals surface area contributed by atoms with Crippen LogP contribution in [-0.4, -0.2) is 11.8 Å². The zero-order chi connectivity index (χ0) is 22.9. The van der Waals surface area contributed by atoms with Crippen LogP contribution in [0.1, 0.15) is 33.9 Å². The van der Waals surface area contributed by atoms with Crippen LogP contribution in [0.4, 0.5) is 5.69 Å². The zero-order valence-electron chi connectivity index (χ0n) is 18.2. The molecule has 0 unspecified atom stereocenters. The Morgan fingerprint density at radius 1 is 0.727 bits per heavy atom. The van der Waals surface area contributed by atoms with Crippen molar-refractivity contribution < 1.29 is 9.59 Å². The first-order valence-electron chi connectivity index (χ1n) is 10.9. The Bertz CT molecular complexity index is 1120. The maximum Gasteiger partial charge on any atom is 0.225 e. The van der Waals surface area contributed by atoms with E-state index in [2.05, 4.69) is 34.9 Å². The van der Waals surface area contributed by atoms with Crippen LogP contribution in [-0.2, 0) is 22.6 Å². The van der Waals surface area contributed by atoms with Crippen LogP contribution >= 0.6 is 11.3 Å². The Kier molecular flexibility index (Phi) is 7.67. The summed E-state index contributed by atoms with van der Waals surface area (Å²) in [5.74, 6) is -0.0818. The summed E-state index contributed by atoms with van der Waals surface area (Å²) in [5, 5.41) is 7.93. The Balaban J connectivity index is 1.34. The van der Waals surface area contributed by atoms with Crippen molar-refractivity contribution in [2.45, 2.75) is 25.3 Å². The second-order valence-corrected chi connectivity index (χ2v) is 8.89. The van der Waals surface area contributed by atoms with Crippen molar-refractivity contribution in [3.05, 3.63) is 124 Å². The molecule has 2 N–H and O–H groups in total. The molecule has 1 heterocycles. The Hall–Kier alpha value is -3.70. The van der Waals surface area contributed by atoms with Crippen molar-refractivity contribution in [3.8, 4) is 0 Å². The average molecular weight is 455 g/mol. The van der Waals surface area contributed by atoms with Crippen LogP contribution in [0.3, 0.4) is 0 Å². The number of amides is 2. The summed E-state index contributed by atoms with van der Waals surface area (Å²) in [7, 11) is 0. The summed E-state index contributed by atoms with van der Waals surface area (Å²) in [6.45, 7) is 0.550. The summed E-state index contributed by atoms with van der Waals surface area (Å²) in [4.78, 5) is 26.2. The molecule has 0 bridgehead atoms. The molecule has 4 aromatic rings. The fourth-order valence-corrected chi connectivity index (χ4v) is 4.39. The topological polar surface area (TPSA) is 58.2 Å². The second-order valence-electron chi connectivity index (χ2n) is 7.86. The highest BCUT2D eigenvalue weighted by molar-refractivity contribution is 7.09. The van der Waals surface area contributed by atoms with Crippen molar-refractivity contribution in [2.24, 2.45) is 0 Å². The molecule has 0 aliphatic heterocycles. The lowest BCUT2D eigenvalue weighted by Gasteiger charge is -2.18. The van der Waals surface area contributed by atoms with Crippen LogP contribution in [0.5, 0.6) is 0 Å². The van der Waals surface area contributed by atoms with E-state index in [1.165, 1.54) is 0 Å². The SMILES string of the molecule is O=C(Cc1ccc(NC(=O)CC(c2ccccc2)c2ccccc2)cc1)NCc1cccs1. The van der Waals surface area contributed by atoms with E-state index in [1.54, 1.807) is 11.3 Å². The van der Waals surface area contributed by atoms with Gasteiger partial charge in [-0.2, -0.15) is 0 Å². The molecule has 4 rings (SSSR count). The molecule has 3 aromatic carbocycles. The third-order valence-corrected chi connectivity index (χ3v) is 6.31. The molecule has 0 aliphatic rings. The van der Waals surface area contributed by atoms with Crippen molar-refractivity contribution >= 4 is 28.8 Å². The maximum atomic E-state index is 12.9. The van der Waals surface area contributed by atoms with E-state index in [0.717, 1.165) is 27.3 Å². The molecule has 0 saturated heterocycles. The van der Waals surface area contributed by atoms with Crippen LogP contribution in [0.25, 0.3) is 0 Å². The maximum absolute atomic E-state index is 12.9.